The maximum absolute atomic E-state index is 12.3. The molecule has 1 amide bonds. The Morgan fingerprint density at radius 2 is 2.00 bits per heavy atom. The predicted octanol–water partition coefficient (Wildman–Crippen LogP) is 1.90. The number of quaternary nitrogens is 1. The van der Waals surface area contributed by atoms with Crippen LogP contribution < -0.4 is 15.1 Å². The fraction of sp³-hybridized carbons (Fsp3) is 0.316. The minimum atomic E-state index is -0.474. The smallest absolute Gasteiger partial charge is 0.279 e. The Morgan fingerprint density at radius 1 is 1.26 bits per heavy atom. The molecule has 2 N–H and O–H groups in total. The van der Waals surface area contributed by atoms with Crippen molar-refractivity contribution in [2.24, 2.45) is 0 Å². The maximum atomic E-state index is 12.3. The van der Waals surface area contributed by atoms with Crippen LogP contribution in [0.2, 0.25) is 5.02 Å². The van der Waals surface area contributed by atoms with E-state index in [1.54, 1.807) is 12.1 Å². The van der Waals surface area contributed by atoms with Crippen LogP contribution in [0.4, 0.5) is 17.1 Å². The molecule has 1 saturated heterocycles. The summed E-state index contributed by atoms with van der Waals surface area (Å²) in [6.07, 6.45) is 0. The van der Waals surface area contributed by atoms with Crippen LogP contribution in [0, 0.1) is 17.0 Å². The summed E-state index contributed by atoms with van der Waals surface area (Å²) in [5.41, 5.74) is 2.74. The molecule has 1 aliphatic rings. The molecule has 0 aromatic heterocycles. The number of nitro benzene ring substituents is 1. The van der Waals surface area contributed by atoms with Gasteiger partial charge in [-0.3, -0.25) is 14.9 Å². The second-order valence-corrected chi connectivity index (χ2v) is 7.14. The van der Waals surface area contributed by atoms with Crippen molar-refractivity contribution in [3.8, 4) is 0 Å². The fourth-order valence-electron chi connectivity index (χ4n) is 3.29. The van der Waals surface area contributed by atoms with E-state index in [1.165, 1.54) is 22.6 Å². The highest BCUT2D eigenvalue weighted by molar-refractivity contribution is 6.30. The number of anilines is 2. The Bertz CT molecular complexity index is 851. The van der Waals surface area contributed by atoms with E-state index in [1.807, 2.05) is 18.2 Å². The zero-order valence-electron chi connectivity index (χ0n) is 15.1. The number of benzene rings is 2. The highest BCUT2D eigenvalue weighted by Gasteiger charge is 2.23. The molecule has 0 bridgehead atoms. The van der Waals surface area contributed by atoms with Gasteiger partial charge in [-0.15, -0.1) is 0 Å². The average Bonchev–Trinajstić information content (AvgIpc) is 2.64. The zero-order valence-corrected chi connectivity index (χ0v) is 15.8. The summed E-state index contributed by atoms with van der Waals surface area (Å²) in [7, 11) is 0. The number of hydrogen-bond donors (Lipinski definition) is 2. The molecule has 1 aliphatic heterocycles. The van der Waals surface area contributed by atoms with E-state index in [2.05, 4.69) is 17.1 Å². The summed E-state index contributed by atoms with van der Waals surface area (Å²) in [5, 5.41) is 14.3. The Hall–Kier alpha value is -2.64. The molecule has 0 atom stereocenters. The van der Waals surface area contributed by atoms with Crippen LogP contribution >= 0.6 is 11.6 Å². The number of nitrogens with one attached hydrogen (secondary N) is 2. The lowest BCUT2D eigenvalue weighted by atomic mass is 10.1. The normalized spacial score (nSPS) is 14.8. The van der Waals surface area contributed by atoms with E-state index in [4.69, 9.17) is 11.6 Å². The van der Waals surface area contributed by atoms with Gasteiger partial charge >= 0.3 is 0 Å². The number of carbonyl (C=O) groups excluding carboxylic acids is 1. The molecule has 142 valence electrons. The van der Waals surface area contributed by atoms with Crippen LogP contribution in [0.1, 0.15) is 5.56 Å². The molecule has 0 saturated carbocycles. The maximum Gasteiger partial charge on any atom is 0.279 e. The average molecular weight is 390 g/mol. The third-order valence-electron chi connectivity index (χ3n) is 4.73. The van der Waals surface area contributed by atoms with E-state index < -0.39 is 4.92 Å². The minimum absolute atomic E-state index is 0.0364. The summed E-state index contributed by atoms with van der Waals surface area (Å²) in [5.74, 6) is -0.141. The lowest BCUT2D eigenvalue weighted by Gasteiger charge is -2.34. The molecular formula is C19H22ClN4O3+. The van der Waals surface area contributed by atoms with Gasteiger partial charge in [0.1, 0.15) is 0 Å². The third-order valence-corrected chi connectivity index (χ3v) is 4.97. The van der Waals surface area contributed by atoms with Crippen molar-refractivity contribution < 1.29 is 14.6 Å². The quantitative estimate of drug-likeness (QED) is 0.604. The van der Waals surface area contributed by atoms with Crippen molar-refractivity contribution >= 4 is 34.6 Å². The van der Waals surface area contributed by atoms with Gasteiger partial charge in [-0.1, -0.05) is 23.7 Å². The molecule has 0 radical (unpaired) electrons. The molecule has 8 heteroatoms. The van der Waals surface area contributed by atoms with Gasteiger partial charge in [0.15, 0.2) is 6.54 Å². The molecule has 27 heavy (non-hydrogen) atoms. The molecule has 2 aromatic carbocycles. The second kappa shape index (κ2) is 8.37. The molecule has 3 rings (SSSR count). The van der Waals surface area contributed by atoms with Crippen LogP contribution in [-0.4, -0.2) is 43.6 Å². The van der Waals surface area contributed by atoms with Crippen molar-refractivity contribution in [1.29, 1.82) is 0 Å². The number of amides is 1. The largest absolute Gasteiger partial charge is 0.360 e. The van der Waals surface area contributed by atoms with E-state index in [0.717, 1.165) is 36.9 Å². The predicted molar refractivity (Wildman–Crippen MR) is 106 cm³/mol. The topological polar surface area (TPSA) is 79.9 Å². The first-order valence-corrected chi connectivity index (χ1v) is 9.19. The van der Waals surface area contributed by atoms with Crippen molar-refractivity contribution in [1.82, 2.24) is 0 Å². The summed E-state index contributed by atoms with van der Waals surface area (Å²) in [4.78, 5) is 26.1. The van der Waals surface area contributed by atoms with Crippen molar-refractivity contribution in [3.63, 3.8) is 0 Å². The van der Waals surface area contributed by atoms with Crippen LogP contribution in [0.3, 0.4) is 0 Å². The summed E-state index contributed by atoms with van der Waals surface area (Å²) < 4.78 is 0. The van der Waals surface area contributed by atoms with Gasteiger partial charge in [0.05, 0.1) is 31.1 Å². The molecule has 0 spiro atoms. The lowest BCUT2D eigenvalue weighted by molar-refractivity contribution is -0.892. The summed E-state index contributed by atoms with van der Waals surface area (Å²) in [6.45, 7) is 5.78. The lowest BCUT2D eigenvalue weighted by Crippen LogP contribution is -3.15. The molecule has 1 fully saturated rings. The van der Waals surface area contributed by atoms with Crippen LogP contribution in [0.25, 0.3) is 0 Å². The van der Waals surface area contributed by atoms with Gasteiger partial charge in [-0.05, 0) is 30.7 Å². The fourth-order valence-corrected chi connectivity index (χ4v) is 3.46. The molecule has 2 aromatic rings. The van der Waals surface area contributed by atoms with E-state index >= 15 is 0 Å². The number of halogens is 1. The Kier molecular flexibility index (Phi) is 5.93. The number of nitro groups is 1. The monoisotopic (exact) mass is 389 g/mol. The number of nitrogens with zero attached hydrogens (tertiary/aromatic N) is 2. The third kappa shape index (κ3) is 4.96. The SMILES string of the molecule is Cc1ccc(Cl)cc1N1CC[NH+](CC(=O)Nc2cccc([N+](=O)[O-])c2)CC1. The number of rotatable bonds is 5. The summed E-state index contributed by atoms with van der Waals surface area (Å²) >= 11 is 6.11. The Labute approximate surface area is 162 Å². The number of non-ortho nitro benzene ring substituents is 1. The van der Waals surface area contributed by atoms with Gasteiger partial charge in [0.2, 0.25) is 0 Å². The molecule has 0 aliphatic carbocycles. The van der Waals surface area contributed by atoms with E-state index in [9.17, 15) is 14.9 Å². The molecular weight excluding hydrogens is 368 g/mol. The summed E-state index contributed by atoms with van der Waals surface area (Å²) in [6, 6.07) is 11.9. The molecule has 1 heterocycles. The first-order valence-electron chi connectivity index (χ1n) is 8.81. The number of aryl methyl sites for hydroxylation is 1. The second-order valence-electron chi connectivity index (χ2n) is 6.70. The Morgan fingerprint density at radius 3 is 2.70 bits per heavy atom. The van der Waals surface area contributed by atoms with Crippen molar-refractivity contribution in [2.75, 3.05) is 42.9 Å². The van der Waals surface area contributed by atoms with Crippen LogP contribution in [-0.2, 0) is 4.79 Å². The highest BCUT2D eigenvalue weighted by atomic mass is 35.5. The van der Waals surface area contributed by atoms with Crippen molar-refractivity contribution in [3.05, 3.63) is 63.2 Å². The van der Waals surface area contributed by atoms with Gasteiger partial charge < -0.3 is 15.1 Å². The van der Waals surface area contributed by atoms with E-state index in [0.29, 0.717) is 12.2 Å². The van der Waals surface area contributed by atoms with Gasteiger partial charge in [-0.2, -0.15) is 0 Å². The first kappa shape index (κ1) is 19.1. The zero-order chi connectivity index (χ0) is 19.4. The number of piperazine rings is 1. The van der Waals surface area contributed by atoms with E-state index in [-0.39, 0.29) is 11.6 Å². The van der Waals surface area contributed by atoms with Gasteiger partial charge in [0.25, 0.3) is 11.6 Å². The number of hydrogen-bond acceptors (Lipinski definition) is 4. The number of carbonyl (C=O) groups is 1. The Balaban J connectivity index is 1.53. The van der Waals surface area contributed by atoms with Gasteiger partial charge in [-0.25, -0.2) is 0 Å². The van der Waals surface area contributed by atoms with Crippen molar-refractivity contribution in [2.45, 2.75) is 6.92 Å². The highest BCUT2D eigenvalue weighted by Crippen LogP contribution is 2.24. The minimum Gasteiger partial charge on any atom is -0.360 e. The molecule has 7 nitrogen and oxygen atoms in total. The van der Waals surface area contributed by atoms with Gasteiger partial charge in [0, 0.05) is 28.5 Å². The standard InChI is InChI=1S/C19H21ClN4O3/c1-14-5-6-15(20)11-18(14)23-9-7-22(8-10-23)13-19(25)21-16-3-2-4-17(12-16)24(26)27/h2-6,11-12H,7-10,13H2,1H3,(H,21,25)/p+1. The van der Waals surface area contributed by atoms with Crippen LogP contribution in [0.5, 0.6) is 0 Å². The first-order chi connectivity index (χ1) is 12.9. The molecule has 0 unspecified atom stereocenters. The van der Waals surface area contributed by atoms with Crippen LogP contribution in [0.15, 0.2) is 42.5 Å².